The van der Waals surface area contributed by atoms with Crippen molar-refractivity contribution in [1.82, 2.24) is 0 Å². The van der Waals surface area contributed by atoms with E-state index in [0.29, 0.717) is 0 Å². The van der Waals surface area contributed by atoms with Crippen molar-refractivity contribution in [3.63, 3.8) is 0 Å². The van der Waals surface area contributed by atoms with E-state index >= 15 is 0 Å². The largest absolute Gasteiger partial charge is 0.456 e. The number of fused-ring (bicyclic) bond motifs is 4. The zero-order valence-electron chi connectivity index (χ0n) is 32.9. The molecule has 0 unspecified atom stereocenters. The Morgan fingerprint density at radius 2 is 0.633 bits per heavy atom. The first-order chi connectivity index (χ1) is 29.7. The first-order valence-corrected chi connectivity index (χ1v) is 20.5. The van der Waals surface area contributed by atoms with Gasteiger partial charge in [0.25, 0.3) is 0 Å². The van der Waals surface area contributed by atoms with Crippen LogP contribution < -0.4 is 4.90 Å². The Balaban J connectivity index is 0.930. The Bertz CT molecular complexity index is 3270. The van der Waals surface area contributed by atoms with Crippen LogP contribution in [0.5, 0.6) is 0 Å². The SMILES string of the molecule is c1ccc(-c2ccc(-c3ccc(N(c4ccc(-c5cccc(-c6ccc7ccccc7c6)c5)cc4)c4ccc(-c5ccc6oc7ccccc7c6c5)cc4)cc3)cc2)cc1. The smallest absolute Gasteiger partial charge is 0.135 e. The van der Waals surface area contributed by atoms with E-state index in [2.05, 4.69) is 229 Å². The van der Waals surface area contributed by atoms with Crippen LogP contribution >= 0.6 is 0 Å². The van der Waals surface area contributed by atoms with Crippen LogP contribution in [0.4, 0.5) is 17.1 Å². The van der Waals surface area contributed by atoms with Gasteiger partial charge < -0.3 is 9.32 Å². The summed E-state index contributed by atoms with van der Waals surface area (Å²) in [5, 5.41) is 4.77. The Hall–Kier alpha value is -7.94. The van der Waals surface area contributed by atoms with Crippen molar-refractivity contribution < 1.29 is 4.42 Å². The lowest BCUT2D eigenvalue weighted by Crippen LogP contribution is -2.09. The first kappa shape index (κ1) is 35.2. The van der Waals surface area contributed by atoms with Crippen molar-refractivity contribution in [2.45, 2.75) is 0 Å². The van der Waals surface area contributed by atoms with Gasteiger partial charge in [0.05, 0.1) is 0 Å². The molecule has 1 heterocycles. The lowest BCUT2D eigenvalue weighted by Gasteiger charge is -2.26. The van der Waals surface area contributed by atoms with E-state index in [1.807, 2.05) is 12.1 Å². The molecule has 60 heavy (non-hydrogen) atoms. The summed E-state index contributed by atoms with van der Waals surface area (Å²) in [6.45, 7) is 0. The van der Waals surface area contributed by atoms with Gasteiger partial charge in [-0.15, -0.1) is 0 Å². The molecule has 0 aliphatic carbocycles. The molecule has 10 aromatic carbocycles. The van der Waals surface area contributed by atoms with Gasteiger partial charge in [0.1, 0.15) is 11.2 Å². The second kappa shape index (κ2) is 15.1. The number of benzene rings is 10. The highest BCUT2D eigenvalue weighted by atomic mass is 16.3. The van der Waals surface area contributed by atoms with Crippen LogP contribution in [0.3, 0.4) is 0 Å². The third kappa shape index (κ3) is 6.70. The average Bonchev–Trinajstić information content (AvgIpc) is 3.71. The van der Waals surface area contributed by atoms with Crippen molar-refractivity contribution in [1.29, 1.82) is 0 Å². The third-order valence-electron chi connectivity index (χ3n) is 11.7. The van der Waals surface area contributed by atoms with Gasteiger partial charge in [-0.25, -0.2) is 0 Å². The molecule has 0 bridgehead atoms. The normalized spacial score (nSPS) is 11.3. The number of rotatable bonds is 8. The van der Waals surface area contributed by atoms with Gasteiger partial charge in [0.2, 0.25) is 0 Å². The monoisotopic (exact) mass is 765 g/mol. The van der Waals surface area contributed by atoms with Crippen LogP contribution in [0.25, 0.3) is 88.3 Å². The van der Waals surface area contributed by atoms with E-state index in [-0.39, 0.29) is 0 Å². The number of hydrogen-bond acceptors (Lipinski definition) is 2. The molecular formula is C58H39NO. The molecule has 2 nitrogen and oxygen atoms in total. The minimum absolute atomic E-state index is 0.905. The summed E-state index contributed by atoms with van der Waals surface area (Å²) < 4.78 is 6.12. The van der Waals surface area contributed by atoms with Crippen molar-refractivity contribution >= 4 is 49.8 Å². The highest BCUT2D eigenvalue weighted by molar-refractivity contribution is 6.06. The summed E-state index contributed by atoms with van der Waals surface area (Å²) in [4.78, 5) is 2.34. The Kier molecular flexibility index (Phi) is 8.87. The molecule has 11 rings (SSSR count). The predicted molar refractivity (Wildman–Crippen MR) is 253 cm³/mol. The fourth-order valence-corrected chi connectivity index (χ4v) is 8.49. The molecule has 0 aliphatic rings. The summed E-state index contributed by atoms with van der Waals surface area (Å²) in [6.07, 6.45) is 0. The molecule has 0 saturated heterocycles. The van der Waals surface area contributed by atoms with Gasteiger partial charge in [-0.1, -0.05) is 170 Å². The van der Waals surface area contributed by atoms with Crippen molar-refractivity contribution in [3.05, 3.63) is 237 Å². The molecular weight excluding hydrogens is 727 g/mol. The van der Waals surface area contributed by atoms with E-state index < -0.39 is 0 Å². The van der Waals surface area contributed by atoms with Crippen molar-refractivity contribution in [2.75, 3.05) is 4.90 Å². The predicted octanol–water partition coefficient (Wildman–Crippen LogP) is 16.5. The standard InChI is InChI=1S/C58H39NO/c1-2-9-40(10-3-1)42-17-19-43(20-18-42)44-23-30-52(31-24-44)59(54-34-27-46(28-35-54)51-29-36-58-56(39-51)55-15-6-7-16-57(55)60-58)53-32-25-45(26-33-53)48-13-8-14-49(37-48)50-22-21-41-11-4-5-12-47(41)38-50/h1-39H. The molecule has 282 valence electrons. The molecule has 2 heteroatoms. The fraction of sp³-hybridized carbons (Fsp3) is 0. The van der Waals surface area contributed by atoms with E-state index in [9.17, 15) is 0 Å². The summed E-state index contributed by atoms with van der Waals surface area (Å²) in [6, 6.07) is 85.0. The molecule has 0 spiro atoms. The number of furan rings is 1. The van der Waals surface area contributed by atoms with Crippen LogP contribution in [0.15, 0.2) is 241 Å². The Morgan fingerprint density at radius 1 is 0.233 bits per heavy atom. The second-order valence-electron chi connectivity index (χ2n) is 15.4. The molecule has 1 aromatic heterocycles. The molecule has 0 fully saturated rings. The highest BCUT2D eigenvalue weighted by Gasteiger charge is 2.15. The van der Waals surface area contributed by atoms with E-state index in [1.165, 1.54) is 55.3 Å². The zero-order valence-corrected chi connectivity index (χ0v) is 32.9. The van der Waals surface area contributed by atoms with Gasteiger partial charge in [0.15, 0.2) is 0 Å². The lowest BCUT2D eigenvalue weighted by molar-refractivity contribution is 0.669. The van der Waals surface area contributed by atoms with Crippen LogP contribution in [0.1, 0.15) is 0 Å². The summed E-state index contributed by atoms with van der Waals surface area (Å²) in [5.74, 6) is 0. The molecule has 0 aliphatic heterocycles. The molecule has 0 amide bonds. The molecule has 0 N–H and O–H groups in total. The number of para-hydroxylation sites is 1. The number of anilines is 3. The number of hydrogen-bond donors (Lipinski definition) is 0. The minimum atomic E-state index is 0.905. The minimum Gasteiger partial charge on any atom is -0.456 e. The summed E-state index contributed by atoms with van der Waals surface area (Å²) >= 11 is 0. The Labute approximate surface area is 349 Å². The van der Waals surface area contributed by atoms with Gasteiger partial charge >= 0.3 is 0 Å². The zero-order chi connectivity index (χ0) is 39.8. The first-order valence-electron chi connectivity index (χ1n) is 20.5. The lowest BCUT2D eigenvalue weighted by atomic mass is 9.97. The Morgan fingerprint density at radius 3 is 1.27 bits per heavy atom. The quantitative estimate of drug-likeness (QED) is 0.153. The molecule has 0 radical (unpaired) electrons. The summed E-state index contributed by atoms with van der Waals surface area (Å²) in [5.41, 5.74) is 17.0. The van der Waals surface area contributed by atoms with Crippen molar-refractivity contribution in [3.8, 4) is 55.6 Å². The van der Waals surface area contributed by atoms with E-state index in [0.717, 1.165) is 50.1 Å². The second-order valence-corrected chi connectivity index (χ2v) is 15.4. The fourth-order valence-electron chi connectivity index (χ4n) is 8.49. The van der Waals surface area contributed by atoms with Crippen LogP contribution in [0, 0.1) is 0 Å². The molecule has 0 saturated carbocycles. The van der Waals surface area contributed by atoms with Gasteiger partial charge in [-0.05, 0) is 133 Å². The van der Waals surface area contributed by atoms with Gasteiger partial charge in [0, 0.05) is 27.8 Å². The van der Waals surface area contributed by atoms with E-state index in [1.54, 1.807) is 0 Å². The third-order valence-corrected chi connectivity index (χ3v) is 11.7. The summed E-state index contributed by atoms with van der Waals surface area (Å²) in [7, 11) is 0. The maximum atomic E-state index is 6.12. The van der Waals surface area contributed by atoms with Crippen molar-refractivity contribution in [2.24, 2.45) is 0 Å². The van der Waals surface area contributed by atoms with Crippen LogP contribution in [-0.2, 0) is 0 Å². The van der Waals surface area contributed by atoms with Gasteiger partial charge in [-0.2, -0.15) is 0 Å². The topological polar surface area (TPSA) is 16.4 Å². The highest BCUT2D eigenvalue weighted by Crippen LogP contribution is 2.39. The molecule has 0 atom stereocenters. The average molecular weight is 766 g/mol. The van der Waals surface area contributed by atoms with E-state index in [4.69, 9.17) is 4.42 Å². The number of nitrogens with zero attached hydrogens (tertiary/aromatic N) is 1. The molecule has 11 aromatic rings. The van der Waals surface area contributed by atoms with Gasteiger partial charge in [-0.3, -0.25) is 0 Å². The maximum absolute atomic E-state index is 6.12. The van der Waals surface area contributed by atoms with Crippen LogP contribution in [-0.4, -0.2) is 0 Å². The van der Waals surface area contributed by atoms with Crippen LogP contribution in [0.2, 0.25) is 0 Å². The maximum Gasteiger partial charge on any atom is 0.135 e.